The number of amides is 1. The fraction of sp³-hybridized carbons (Fsp3) is 0.263. The van der Waals surface area contributed by atoms with Crippen LogP contribution in [0.4, 0.5) is 9.52 Å². The van der Waals surface area contributed by atoms with Crippen molar-refractivity contribution >= 4 is 42.6 Å². The van der Waals surface area contributed by atoms with E-state index in [1.54, 1.807) is 19.9 Å². The van der Waals surface area contributed by atoms with Crippen molar-refractivity contribution in [3.8, 4) is 5.75 Å². The van der Waals surface area contributed by atoms with Crippen LogP contribution < -0.4 is 14.8 Å². The van der Waals surface area contributed by atoms with Crippen molar-refractivity contribution < 1.29 is 22.3 Å². The number of aromatic nitrogens is 1. The number of para-hydroxylation sites is 1. The largest absolute Gasteiger partial charge is 0.494 e. The summed E-state index contributed by atoms with van der Waals surface area (Å²) >= 11 is 1.24. The van der Waals surface area contributed by atoms with Gasteiger partial charge in [0.2, 0.25) is 15.9 Å². The van der Waals surface area contributed by atoms with E-state index in [1.807, 2.05) is 12.1 Å². The van der Waals surface area contributed by atoms with Gasteiger partial charge in [-0.1, -0.05) is 43.4 Å². The Morgan fingerprint density at radius 2 is 1.90 bits per heavy atom. The zero-order valence-electron chi connectivity index (χ0n) is 16.0. The Morgan fingerprint density at radius 3 is 2.55 bits per heavy atom. The first-order chi connectivity index (χ1) is 13.7. The van der Waals surface area contributed by atoms with Crippen molar-refractivity contribution in [2.45, 2.75) is 24.8 Å². The molecule has 0 spiro atoms. The second-order valence-electron chi connectivity index (χ2n) is 6.59. The molecule has 1 aromatic heterocycles. The quantitative estimate of drug-likeness (QED) is 0.591. The van der Waals surface area contributed by atoms with Gasteiger partial charge >= 0.3 is 0 Å². The zero-order chi connectivity index (χ0) is 21.2. The summed E-state index contributed by atoms with van der Waals surface area (Å²) in [7, 11) is -2.70. The van der Waals surface area contributed by atoms with Crippen LogP contribution in [-0.2, 0) is 14.8 Å². The molecule has 0 fully saturated rings. The lowest BCUT2D eigenvalue weighted by Gasteiger charge is -2.21. The summed E-state index contributed by atoms with van der Waals surface area (Å²) in [5.41, 5.74) is 0.600. The predicted octanol–water partition coefficient (Wildman–Crippen LogP) is 3.39. The van der Waals surface area contributed by atoms with Crippen LogP contribution in [0.15, 0.2) is 47.4 Å². The molecule has 3 aromatic rings. The summed E-state index contributed by atoms with van der Waals surface area (Å²) in [6, 6.07) is 9.29. The topological polar surface area (TPSA) is 97.4 Å². The highest BCUT2D eigenvalue weighted by molar-refractivity contribution is 7.89. The minimum Gasteiger partial charge on any atom is -0.494 e. The maximum Gasteiger partial charge on any atom is 0.244 e. The Hall–Kier alpha value is -2.56. The van der Waals surface area contributed by atoms with Crippen molar-refractivity contribution in [3.05, 3.63) is 48.3 Å². The van der Waals surface area contributed by atoms with E-state index in [0.717, 1.165) is 16.8 Å². The van der Waals surface area contributed by atoms with Gasteiger partial charge in [-0.15, -0.1) is 0 Å². The number of thiazole rings is 1. The lowest BCUT2D eigenvalue weighted by molar-refractivity contribution is -0.118. The Morgan fingerprint density at radius 1 is 1.17 bits per heavy atom. The minimum atomic E-state index is -4.23. The molecule has 0 aliphatic rings. The minimum absolute atomic E-state index is 0.310. The number of fused-ring (bicyclic) bond motifs is 1. The van der Waals surface area contributed by atoms with E-state index in [1.165, 1.54) is 30.6 Å². The van der Waals surface area contributed by atoms with Crippen LogP contribution in [0.25, 0.3) is 10.2 Å². The summed E-state index contributed by atoms with van der Waals surface area (Å²) < 4.78 is 47.5. The van der Waals surface area contributed by atoms with Crippen LogP contribution >= 0.6 is 11.3 Å². The Labute approximate surface area is 172 Å². The number of nitrogens with zero attached hydrogens (tertiary/aromatic N) is 1. The van der Waals surface area contributed by atoms with E-state index in [9.17, 15) is 17.6 Å². The van der Waals surface area contributed by atoms with Gasteiger partial charge in [0.25, 0.3) is 0 Å². The van der Waals surface area contributed by atoms with Crippen molar-refractivity contribution in [2.75, 3.05) is 12.4 Å². The molecule has 0 aliphatic carbocycles. The number of carbonyl (C=O) groups excluding carboxylic acids is 1. The molecule has 1 heterocycles. The summed E-state index contributed by atoms with van der Waals surface area (Å²) in [5, 5.41) is 2.96. The molecular formula is C19H20FN3O4S2. The van der Waals surface area contributed by atoms with Crippen molar-refractivity contribution in [1.82, 2.24) is 9.71 Å². The van der Waals surface area contributed by atoms with Gasteiger partial charge in [0.05, 0.1) is 11.8 Å². The third-order valence-electron chi connectivity index (χ3n) is 4.19. The van der Waals surface area contributed by atoms with E-state index in [-0.39, 0.29) is 5.92 Å². The molecule has 0 radical (unpaired) electrons. The molecule has 0 bridgehead atoms. The average Bonchev–Trinajstić information content (AvgIpc) is 3.08. The van der Waals surface area contributed by atoms with Gasteiger partial charge in [-0.25, -0.2) is 17.8 Å². The highest BCUT2D eigenvalue weighted by atomic mass is 32.2. The number of halogens is 1. The SMILES string of the molecule is COc1cccc2sc(NC(=O)[C@@H](NS(=O)(=O)c3ccccc3F)C(C)C)nc12. The number of anilines is 1. The maximum atomic E-state index is 13.9. The monoisotopic (exact) mass is 437 g/mol. The lowest BCUT2D eigenvalue weighted by Crippen LogP contribution is -2.47. The number of hydrogen-bond donors (Lipinski definition) is 2. The molecule has 1 atom stereocenters. The number of methoxy groups -OCH3 is 1. The van der Waals surface area contributed by atoms with Gasteiger partial charge < -0.3 is 10.1 Å². The van der Waals surface area contributed by atoms with E-state index >= 15 is 0 Å². The molecule has 1 amide bonds. The first kappa shape index (κ1) is 21.2. The second-order valence-corrected chi connectivity index (χ2v) is 9.30. The first-order valence-corrected chi connectivity index (χ1v) is 11.0. The zero-order valence-corrected chi connectivity index (χ0v) is 17.6. The summed E-state index contributed by atoms with van der Waals surface area (Å²) in [6.07, 6.45) is 0. The summed E-state index contributed by atoms with van der Waals surface area (Å²) in [4.78, 5) is 16.6. The Kier molecular flexibility index (Phi) is 6.15. The Balaban J connectivity index is 1.84. The van der Waals surface area contributed by atoms with E-state index in [2.05, 4.69) is 15.0 Å². The fourth-order valence-electron chi connectivity index (χ4n) is 2.71. The molecule has 154 valence electrons. The number of ether oxygens (including phenoxy) is 1. The number of rotatable bonds is 7. The van der Waals surface area contributed by atoms with Crippen LogP contribution in [0.2, 0.25) is 0 Å². The lowest BCUT2D eigenvalue weighted by atomic mass is 10.1. The van der Waals surface area contributed by atoms with Gasteiger partial charge in [0, 0.05) is 0 Å². The number of hydrogen-bond acceptors (Lipinski definition) is 6. The Bertz CT molecular complexity index is 1150. The predicted molar refractivity (Wildman–Crippen MR) is 110 cm³/mol. The van der Waals surface area contributed by atoms with Crippen molar-refractivity contribution in [3.63, 3.8) is 0 Å². The molecule has 0 saturated heterocycles. The number of carbonyl (C=O) groups is 1. The molecule has 3 rings (SSSR count). The second kappa shape index (κ2) is 8.44. The van der Waals surface area contributed by atoms with Gasteiger partial charge in [-0.3, -0.25) is 4.79 Å². The summed E-state index contributed by atoms with van der Waals surface area (Å²) in [6.45, 7) is 3.38. The molecule has 2 N–H and O–H groups in total. The number of benzene rings is 2. The van der Waals surface area contributed by atoms with E-state index in [4.69, 9.17) is 4.74 Å². The van der Waals surface area contributed by atoms with Crippen LogP contribution in [-0.4, -0.2) is 32.5 Å². The third-order valence-corrected chi connectivity index (χ3v) is 6.60. The van der Waals surface area contributed by atoms with Crippen LogP contribution in [0.1, 0.15) is 13.8 Å². The smallest absolute Gasteiger partial charge is 0.244 e. The highest BCUT2D eigenvalue weighted by Crippen LogP contribution is 2.32. The number of sulfonamides is 1. The van der Waals surface area contributed by atoms with Crippen molar-refractivity contribution in [2.24, 2.45) is 5.92 Å². The van der Waals surface area contributed by atoms with Gasteiger partial charge in [0.15, 0.2) is 5.13 Å². The molecule has 2 aromatic carbocycles. The van der Waals surface area contributed by atoms with Gasteiger partial charge in [-0.2, -0.15) is 4.72 Å². The van der Waals surface area contributed by atoms with Crippen molar-refractivity contribution in [1.29, 1.82) is 0 Å². The molecule has 10 heteroatoms. The number of nitrogens with one attached hydrogen (secondary N) is 2. The summed E-state index contributed by atoms with van der Waals surface area (Å²) in [5.74, 6) is -1.29. The molecule has 7 nitrogen and oxygen atoms in total. The maximum absolute atomic E-state index is 13.9. The molecular weight excluding hydrogens is 417 g/mol. The van der Waals surface area contributed by atoms with Crippen LogP contribution in [0.5, 0.6) is 5.75 Å². The van der Waals surface area contributed by atoms with E-state index in [0.29, 0.717) is 16.4 Å². The highest BCUT2D eigenvalue weighted by Gasteiger charge is 2.30. The van der Waals surface area contributed by atoms with Gasteiger partial charge in [0.1, 0.15) is 28.0 Å². The fourth-order valence-corrected chi connectivity index (χ4v) is 5.02. The first-order valence-electron chi connectivity index (χ1n) is 8.74. The normalized spacial score (nSPS) is 12.9. The molecule has 0 unspecified atom stereocenters. The van der Waals surface area contributed by atoms with E-state index < -0.39 is 32.7 Å². The third kappa shape index (κ3) is 4.55. The average molecular weight is 438 g/mol. The molecule has 0 aliphatic heterocycles. The molecule has 0 saturated carbocycles. The standard InChI is InChI=1S/C19H20FN3O4S2/c1-11(2)16(23-29(25,26)15-10-5-4-7-12(15)20)18(24)22-19-21-17-13(27-3)8-6-9-14(17)28-19/h4-11,16,23H,1-3H3,(H,21,22,24)/t16-/m0/s1. The van der Waals surface area contributed by atoms with Gasteiger partial charge in [-0.05, 0) is 30.2 Å². The molecule has 29 heavy (non-hydrogen) atoms. The van der Waals surface area contributed by atoms with Crippen LogP contribution in [0.3, 0.4) is 0 Å². The van der Waals surface area contributed by atoms with Crippen LogP contribution in [0, 0.1) is 11.7 Å².